The normalized spacial score (nSPS) is 13.2. The van der Waals surface area contributed by atoms with E-state index in [1.54, 1.807) is 24.3 Å². The second-order valence-corrected chi connectivity index (χ2v) is 4.59. The Morgan fingerprint density at radius 1 is 0.810 bits per heavy atom. The minimum absolute atomic E-state index is 0.291. The predicted octanol–water partition coefficient (Wildman–Crippen LogP) is 2.95. The van der Waals surface area contributed by atoms with E-state index in [0.717, 1.165) is 10.8 Å². The van der Waals surface area contributed by atoms with Gasteiger partial charge in [0.2, 0.25) is 0 Å². The maximum atomic E-state index is 11.6. The number of rotatable bonds is 4. The molecule has 0 bridgehead atoms. The highest BCUT2D eigenvalue weighted by molar-refractivity contribution is 6.17. The summed E-state index contributed by atoms with van der Waals surface area (Å²) in [5, 5.41) is 1.60. The lowest BCUT2D eigenvalue weighted by atomic mass is 10.0. The highest BCUT2D eigenvalue weighted by Gasteiger charge is 2.30. The fourth-order valence-electron chi connectivity index (χ4n) is 2.38. The van der Waals surface area contributed by atoms with Gasteiger partial charge in [0, 0.05) is 0 Å². The summed E-state index contributed by atoms with van der Waals surface area (Å²) in [7, 11) is 0. The Bertz CT molecular complexity index is 685. The van der Waals surface area contributed by atoms with E-state index >= 15 is 0 Å². The predicted molar refractivity (Wildman–Crippen MR) is 76.0 cm³/mol. The summed E-state index contributed by atoms with van der Waals surface area (Å²) in [6, 6.07) is 6.91. The molecule has 5 heteroatoms. The van der Waals surface area contributed by atoms with Gasteiger partial charge < -0.3 is 14.2 Å². The molecule has 5 nitrogen and oxygen atoms in total. The first-order valence-corrected chi connectivity index (χ1v) is 6.78. The molecule has 2 aromatic rings. The quantitative estimate of drug-likeness (QED) is 0.638. The van der Waals surface area contributed by atoms with E-state index in [2.05, 4.69) is 4.74 Å². The van der Waals surface area contributed by atoms with E-state index in [1.807, 2.05) is 13.8 Å². The monoisotopic (exact) mass is 286 g/mol. The molecule has 1 heterocycles. The molecular formula is C16H14O5. The number of hydrogen-bond donors (Lipinski definition) is 0. The van der Waals surface area contributed by atoms with Gasteiger partial charge in [0.1, 0.15) is 0 Å². The Labute approximate surface area is 121 Å². The van der Waals surface area contributed by atoms with Crippen LogP contribution in [0.25, 0.3) is 10.8 Å². The van der Waals surface area contributed by atoms with Crippen LogP contribution in [0.2, 0.25) is 0 Å². The molecule has 0 N–H and O–H groups in total. The highest BCUT2D eigenvalue weighted by atomic mass is 16.6. The Balaban J connectivity index is 2.21. The average molecular weight is 286 g/mol. The van der Waals surface area contributed by atoms with E-state index < -0.39 is 11.9 Å². The third-order valence-electron chi connectivity index (χ3n) is 3.26. The zero-order valence-electron chi connectivity index (χ0n) is 11.8. The first kappa shape index (κ1) is 13.4. The molecule has 0 spiro atoms. The minimum atomic E-state index is -0.608. The van der Waals surface area contributed by atoms with Gasteiger partial charge in [0.15, 0.2) is 11.5 Å². The summed E-state index contributed by atoms with van der Waals surface area (Å²) in [6.07, 6.45) is 0. The second-order valence-electron chi connectivity index (χ2n) is 4.59. The maximum Gasteiger partial charge on any atom is 0.346 e. The minimum Gasteiger partial charge on any atom is -0.490 e. The van der Waals surface area contributed by atoms with Gasteiger partial charge in [-0.25, -0.2) is 9.59 Å². The Morgan fingerprint density at radius 3 is 1.62 bits per heavy atom. The van der Waals surface area contributed by atoms with Gasteiger partial charge in [-0.15, -0.1) is 0 Å². The topological polar surface area (TPSA) is 61.8 Å². The van der Waals surface area contributed by atoms with Crippen LogP contribution in [0.15, 0.2) is 24.3 Å². The Hall–Kier alpha value is -2.56. The maximum absolute atomic E-state index is 11.6. The highest BCUT2D eigenvalue weighted by Crippen LogP contribution is 2.35. The molecule has 0 fully saturated rings. The van der Waals surface area contributed by atoms with Gasteiger partial charge >= 0.3 is 11.9 Å². The standard InChI is InChI=1S/C16H14O5/c1-3-19-13-7-9-5-11-12(16(18)21-15(11)17)6-10(9)8-14(13)20-4-2/h5-8H,3-4H2,1-2H3. The molecule has 1 aliphatic rings. The van der Waals surface area contributed by atoms with Crippen molar-refractivity contribution in [3.8, 4) is 11.5 Å². The lowest BCUT2D eigenvalue weighted by Crippen LogP contribution is -1.99. The van der Waals surface area contributed by atoms with Crippen LogP contribution in [0.3, 0.4) is 0 Å². The van der Waals surface area contributed by atoms with Crippen LogP contribution in [0, 0.1) is 0 Å². The number of cyclic esters (lactones) is 2. The van der Waals surface area contributed by atoms with Crippen molar-refractivity contribution in [3.05, 3.63) is 35.4 Å². The summed E-state index contributed by atoms with van der Waals surface area (Å²) in [6.45, 7) is 4.80. The molecule has 0 radical (unpaired) electrons. The van der Waals surface area contributed by atoms with Crippen molar-refractivity contribution in [1.82, 2.24) is 0 Å². The summed E-state index contributed by atoms with van der Waals surface area (Å²) < 4.78 is 15.7. The molecule has 3 rings (SSSR count). The van der Waals surface area contributed by atoms with Crippen LogP contribution in [-0.4, -0.2) is 25.2 Å². The zero-order chi connectivity index (χ0) is 15.0. The van der Waals surface area contributed by atoms with E-state index in [0.29, 0.717) is 35.8 Å². The van der Waals surface area contributed by atoms with Crippen molar-refractivity contribution in [2.24, 2.45) is 0 Å². The van der Waals surface area contributed by atoms with E-state index in [-0.39, 0.29) is 0 Å². The fraction of sp³-hybridized carbons (Fsp3) is 0.250. The molecule has 0 saturated heterocycles. The molecule has 0 unspecified atom stereocenters. The Kier molecular flexibility index (Phi) is 3.25. The molecule has 0 atom stereocenters. The van der Waals surface area contributed by atoms with Crippen LogP contribution >= 0.6 is 0 Å². The van der Waals surface area contributed by atoms with Crippen LogP contribution in [0.4, 0.5) is 0 Å². The summed E-state index contributed by atoms with van der Waals surface area (Å²) >= 11 is 0. The van der Waals surface area contributed by atoms with Crippen molar-refractivity contribution in [1.29, 1.82) is 0 Å². The molecule has 1 aliphatic heterocycles. The molecular weight excluding hydrogens is 272 g/mol. The van der Waals surface area contributed by atoms with Crippen molar-refractivity contribution >= 4 is 22.7 Å². The van der Waals surface area contributed by atoms with E-state index in [9.17, 15) is 9.59 Å². The second kappa shape index (κ2) is 5.09. The molecule has 21 heavy (non-hydrogen) atoms. The van der Waals surface area contributed by atoms with Crippen molar-refractivity contribution in [2.75, 3.05) is 13.2 Å². The third kappa shape index (κ3) is 2.20. The molecule has 0 saturated carbocycles. The number of esters is 2. The van der Waals surface area contributed by atoms with Gasteiger partial charge in [0.25, 0.3) is 0 Å². The number of benzene rings is 2. The SMILES string of the molecule is CCOc1cc2cc3c(cc2cc1OCC)C(=O)OC3=O. The van der Waals surface area contributed by atoms with Gasteiger partial charge in [-0.1, -0.05) is 0 Å². The first-order valence-electron chi connectivity index (χ1n) is 6.78. The van der Waals surface area contributed by atoms with Crippen LogP contribution in [0.1, 0.15) is 34.6 Å². The average Bonchev–Trinajstić information content (AvgIpc) is 2.73. The number of ether oxygens (including phenoxy) is 3. The smallest absolute Gasteiger partial charge is 0.346 e. The van der Waals surface area contributed by atoms with Crippen LogP contribution < -0.4 is 9.47 Å². The van der Waals surface area contributed by atoms with E-state index in [1.165, 1.54) is 0 Å². The fourth-order valence-corrected chi connectivity index (χ4v) is 2.38. The van der Waals surface area contributed by atoms with Gasteiger partial charge in [0.05, 0.1) is 24.3 Å². The van der Waals surface area contributed by atoms with Gasteiger partial charge in [-0.2, -0.15) is 0 Å². The van der Waals surface area contributed by atoms with Crippen LogP contribution in [0.5, 0.6) is 11.5 Å². The number of hydrogen-bond acceptors (Lipinski definition) is 5. The van der Waals surface area contributed by atoms with Crippen molar-refractivity contribution in [2.45, 2.75) is 13.8 Å². The Morgan fingerprint density at radius 2 is 1.24 bits per heavy atom. The number of fused-ring (bicyclic) bond motifs is 2. The molecule has 2 aromatic carbocycles. The first-order chi connectivity index (χ1) is 10.1. The van der Waals surface area contributed by atoms with Crippen LogP contribution in [-0.2, 0) is 4.74 Å². The van der Waals surface area contributed by atoms with E-state index in [4.69, 9.17) is 9.47 Å². The summed E-state index contributed by atoms with van der Waals surface area (Å²) in [4.78, 5) is 23.2. The summed E-state index contributed by atoms with van der Waals surface area (Å²) in [5.41, 5.74) is 0.582. The van der Waals surface area contributed by atoms with Gasteiger partial charge in [-0.05, 0) is 48.9 Å². The molecule has 0 aromatic heterocycles. The lowest BCUT2D eigenvalue weighted by Gasteiger charge is -2.12. The van der Waals surface area contributed by atoms with Gasteiger partial charge in [-0.3, -0.25) is 0 Å². The summed E-state index contributed by atoms with van der Waals surface area (Å²) in [5.74, 6) is 0.0153. The molecule has 108 valence electrons. The number of carbonyl (C=O) groups is 2. The van der Waals surface area contributed by atoms with Crippen molar-refractivity contribution < 1.29 is 23.8 Å². The number of carbonyl (C=O) groups excluding carboxylic acids is 2. The largest absolute Gasteiger partial charge is 0.490 e. The lowest BCUT2D eigenvalue weighted by molar-refractivity contribution is 0.0444. The molecule has 0 amide bonds. The molecule has 0 aliphatic carbocycles. The third-order valence-corrected chi connectivity index (χ3v) is 3.26. The van der Waals surface area contributed by atoms with Crippen molar-refractivity contribution in [3.63, 3.8) is 0 Å². The zero-order valence-corrected chi connectivity index (χ0v) is 11.8.